The molecule has 2 heterocycles. The molecule has 172 valence electrons. The summed E-state index contributed by atoms with van der Waals surface area (Å²) in [4.78, 5) is 40.0. The number of carbonyl (C=O) groups excluding carboxylic acids is 3. The van der Waals surface area contributed by atoms with E-state index in [0.717, 1.165) is 10.4 Å². The van der Waals surface area contributed by atoms with Gasteiger partial charge in [-0.05, 0) is 60.2 Å². The van der Waals surface area contributed by atoms with Gasteiger partial charge in [0, 0.05) is 15.5 Å². The molecule has 1 fully saturated rings. The predicted molar refractivity (Wildman–Crippen MR) is 133 cm³/mol. The molecule has 1 aliphatic heterocycles. The fraction of sp³-hybridized carbons (Fsp3) is 0.192. The highest BCUT2D eigenvalue weighted by molar-refractivity contribution is 7.10. The van der Waals surface area contributed by atoms with Crippen molar-refractivity contribution in [2.75, 3.05) is 5.01 Å². The summed E-state index contributed by atoms with van der Waals surface area (Å²) in [5.41, 5.74) is 4.47. The molecule has 0 spiro atoms. The summed E-state index contributed by atoms with van der Waals surface area (Å²) in [6, 6.07) is 17.7. The summed E-state index contributed by atoms with van der Waals surface area (Å²) in [6.45, 7) is 0. The number of thiophene rings is 1. The second-order valence-electron chi connectivity index (χ2n) is 8.33. The standard InChI is InChI=1S/C26H22ClN3O3S/c27-18-12-10-16(11-13-18)23(22-9-4-14-34-22)28-24(31)17-5-3-6-19(15-17)30-26(33)21-8-2-1-7-20(21)25(32)29-30/h1-6,9-15,20-21,23H,7-8H2,(H,28,31)(H,29,32). The molecule has 2 aliphatic rings. The first-order valence-electron chi connectivity index (χ1n) is 11.0. The first-order valence-corrected chi connectivity index (χ1v) is 12.3. The van der Waals surface area contributed by atoms with Crippen molar-refractivity contribution in [2.45, 2.75) is 18.9 Å². The lowest BCUT2D eigenvalue weighted by atomic mass is 9.80. The average Bonchev–Trinajstić information content (AvgIpc) is 3.40. The highest BCUT2D eigenvalue weighted by Crippen LogP contribution is 2.33. The molecule has 2 aromatic carbocycles. The summed E-state index contributed by atoms with van der Waals surface area (Å²) in [5.74, 6) is -1.35. The number of rotatable bonds is 5. The lowest BCUT2D eigenvalue weighted by Gasteiger charge is -2.38. The van der Waals surface area contributed by atoms with Gasteiger partial charge in [-0.3, -0.25) is 19.8 Å². The van der Waals surface area contributed by atoms with Crippen LogP contribution >= 0.6 is 22.9 Å². The van der Waals surface area contributed by atoms with Gasteiger partial charge in [-0.1, -0.05) is 48.0 Å². The van der Waals surface area contributed by atoms with Gasteiger partial charge >= 0.3 is 0 Å². The van der Waals surface area contributed by atoms with Crippen LogP contribution in [0.5, 0.6) is 0 Å². The third-order valence-corrected chi connectivity index (χ3v) is 7.39. The average molecular weight is 492 g/mol. The Balaban J connectivity index is 1.40. The highest BCUT2D eigenvalue weighted by atomic mass is 35.5. The minimum absolute atomic E-state index is 0.163. The molecule has 3 amide bonds. The Kier molecular flexibility index (Phi) is 6.22. The van der Waals surface area contributed by atoms with Crippen molar-refractivity contribution in [3.8, 4) is 0 Å². The maximum Gasteiger partial charge on any atom is 0.252 e. The fourth-order valence-electron chi connectivity index (χ4n) is 4.41. The minimum Gasteiger partial charge on any atom is -0.340 e. The lowest BCUT2D eigenvalue weighted by Crippen LogP contribution is -2.59. The zero-order valence-electron chi connectivity index (χ0n) is 18.1. The summed E-state index contributed by atoms with van der Waals surface area (Å²) in [7, 11) is 0. The van der Waals surface area contributed by atoms with Crippen molar-refractivity contribution >= 4 is 46.3 Å². The van der Waals surface area contributed by atoms with E-state index in [0.29, 0.717) is 29.1 Å². The maximum absolute atomic E-state index is 13.3. The van der Waals surface area contributed by atoms with E-state index in [9.17, 15) is 14.4 Å². The Morgan fingerprint density at radius 1 is 1.03 bits per heavy atom. The number of hydrazine groups is 1. The molecule has 34 heavy (non-hydrogen) atoms. The molecule has 5 rings (SSSR count). The quantitative estimate of drug-likeness (QED) is 0.499. The Hall–Kier alpha value is -3.42. The smallest absolute Gasteiger partial charge is 0.252 e. The fourth-order valence-corrected chi connectivity index (χ4v) is 5.34. The molecule has 0 radical (unpaired) electrons. The van der Waals surface area contributed by atoms with Crippen molar-refractivity contribution in [1.29, 1.82) is 0 Å². The van der Waals surface area contributed by atoms with Gasteiger partial charge in [0.15, 0.2) is 0 Å². The number of nitrogens with one attached hydrogen (secondary N) is 2. The summed E-state index contributed by atoms with van der Waals surface area (Å²) in [5, 5.41) is 6.95. The van der Waals surface area contributed by atoms with Gasteiger partial charge in [0.1, 0.15) is 0 Å². The van der Waals surface area contributed by atoms with Crippen LogP contribution in [0.1, 0.15) is 39.7 Å². The van der Waals surface area contributed by atoms with Crippen LogP contribution in [-0.4, -0.2) is 17.7 Å². The van der Waals surface area contributed by atoms with E-state index in [1.54, 1.807) is 47.7 Å². The molecule has 1 saturated heterocycles. The number of nitrogens with zero attached hydrogens (tertiary/aromatic N) is 1. The number of halogens is 1. The van der Waals surface area contributed by atoms with Crippen molar-refractivity contribution in [2.24, 2.45) is 11.8 Å². The largest absolute Gasteiger partial charge is 0.340 e. The van der Waals surface area contributed by atoms with Crippen LogP contribution < -0.4 is 15.8 Å². The first-order chi connectivity index (χ1) is 16.5. The van der Waals surface area contributed by atoms with E-state index in [1.165, 1.54) is 5.01 Å². The molecule has 2 N–H and O–H groups in total. The number of fused-ring (bicyclic) bond motifs is 1. The van der Waals surface area contributed by atoms with Gasteiger partial charge in [0.05, 0.1) is 23.6 Å². The van der Waals surface area contributed by atoms with Gasteiger partial charge in [-0.15, -0.1) is 11.3 Å². The van der Waals surface area contributed by atoms with Crippen molar-refractivity contribution in [1.82, 2.24) is 10.7 Å². The number of carbonyl (C=O) groups is 3. The second kappa shape index (κ2) is 9.44. The maximum atomic E-state index is 13.3. The van der Waals surface area contributed by atoms with Crippen LogP contribution in [-0.2, 0) is 9.59 Å². The van der Waals surface area contributed by atoms with Crippen molar-refractivity contribution in [3.05, 3.63) is 99.2 Å². The van der Waals surface area contributed by atoms with Crippen LogP contribution in [0.2, 0.25) is 5.02 Å². The summed E-state index contributed by atoms with van der Waals surface area (Å²) >= 11 is 7.60. The summed E-state index contributed by atoms with van der Waals surface area (Å²) < 4.78 is 0. The number of hydrogen-bond donors (Lipinski definition) is 2. The van der Waals surface area contributed by atoms with E-state index >= 15 is 0 Å². The SMILES string of the molecule is O=C(NC(c1ccc(Cl)cc1)c1cccs1)c1cccc(N2NC(=O)C3CC=CCC3C2=O)c1. The Bertz CT molecular complexity index is 1260. The van der Waals surface area contributed by atoms with Gasteiger partial charge in [0.25, 0.3) is 5.91 Å². The van der Waals surface area contributed by atoms with Crippen molar-refractivity contribution in [3.63, 3.8) is 0 Å². The number of anilines is 1. The van der Waals surface area contributed by atoms with Crippen LogP contribution in [0.15, 0.2) is 78.2 Å². The number of benzene rings is 2. The molecule has 3 atom stereocenters. The molecule has 3 aromatic rings. The van der Waals surface area contributed by atoms with E-state index in [1.807, 2.05) is 41.8 Å². The van der Waals surface area contributed by atoms with Crippen molar-refractivity contribution < 1.29 is 14.4 Å². The van der Waals surface area contributed by atoms with E-state index in [4.69, 9.17) is 11.6 Å². The van der Waals surface area contributed by atoms with Gasteiger partial charge < -0.3 is 5.32 Å². The molecule has 0 bridgehead atoms. The highest BCUT2D eigenvalue weighted by Gasteiger charge is 2.42. The molecule has 1 aromatic heterocycles. The minimum atomic E-state index is -0.385. The van der Waals surface area contributed by atoms with Crippen LogP contribution in [0.3, 0.4) is 0 Å². The molecule has 8 heteroatoms. The molecular weight excluding hydrogens is 470 g/mol. The Morgan fingerprint density at radius 2 is 1.79 bits per heavy atom. The van der Waals surface area contributed by atoms with Crippen LogP contribution in [0.25, 0.3) is 0 Å². The Labute approximate surface area is 206 Å². The van der Waals surface area contributed by atoms with Gasteiger partial charge in [-0.2, -0.15) is 0 Å². The van der Waals surface area contributed by atoms with Crippen LogP contribution in [0, 0.1) is 11.8 Å². The normalized spacial score (nSPS) is 20.4. The van der Waals surface area contributed by atoms with Gasteiger partial charge in [-0.25, -0.2) is 5.01 Å². The summed E-state index contributed by atoms with van der Waals surface area (Å²) in [6.07, 6.45) is 4.99. The number of allylic oxidation sites excluding steroid dienone is 2. The van der Waals surface area contributed by atoms with Crippen LogP contribution in [0.4, 0.5) is 5.69 Å². The van der Waals surface area contributed by atoms with E-state index < -0.39 is 0 Å². The number of hydrogen-bond acceptors (Lipinski definition) is 4. The topological polar surface area (TPSA) is 78.5 Å². The first kappa shape index (κ1) is 22.4. The molecule has 0 saturated carbocycles. The lowest BCUT2D eigenvalue weighted by molar-refractivity contribution is -0.139. The zero-order valence-corrected chi connectivity index (χ0v) is 19.7. The predicted octanol–water partition coefficient (Wildman–Crippen LogP) is 4.88. The molecule has 3 unspecified atom stereocenters. The molecular formula is C26H22ClN3O3S. The third kappa shape index (κ3) is 4.36. The number of amides is 3. The Morgan fingerprint density at radius 3 is 2.53 bits per heavy atom. The molecule has 1 aliphatic carbocycles. The monoisotopic (exact) mass is 491 g/mol. The van der Waals surface area contributed by atoms with E-state index in [2.05, 4.69) is 10.7 Å². The molecule has 6 nitrogen and oxygen atoms in total. The second-order valence-corrected chi connectivity index (χ2v) is 9.74. The third-order valence-electron chi connectivity index (χ3n) is 6.20. The van der Waals surface area contributed by atoms with Gasteiger partial charge in [0.2, 0.25) is 11.8 Å². The zero-order chi connectivity index (χ0) is 23.7. The van der Waals surface area contributed by atoms with E-state index in [-0.39, 0.29) is 35.6 Å².